The summed E-state index contributed by atoms with van der Waals surface area (Å²) in [5.41, 5.74) is 2.06. The number of carbonyl (C=O) groups excluding carboxylic acids is 1. The Bertz CT molecular complexity index is 661. The van der Waals surface area contributed by atoms with E-state index in [0.717, 1.165) is 16.9 Å². The van der Waals surface area contributed by atoms with Crippen molar-refractivity contribution in [3.05, 3.63) is 53.9 Å². The average molecular weight is 299 g/mol. The fourth-order valence-electron chi connectivity index (χ4n) is 1.94. The van der Waals surface area contributed by atoms with E-state index in [9.17, 15) is 4.79 Å². The minimum Gasteiger partial charge on any atom is -0.492 e. The van der Waals surface area contributed by atoms with Crippen molar-refractivity contribution >= 4 is 12.0 Å². The van der Waals surface area contributed by atoms with E-state index >= 15 is 0 Å². The van der Waals surface area contributed by atoms with Crippen LogP contribution in [0.3, 0.4) is 0 Å². The Morgan fingerprint density at radius 2 is 2.27 bits per heavy atom. The summed E-state index contributed by atoms with van der Waals surface area (Å²) in [5.74, 6) is 0.767. The van der Waals surface area contributed by atoms with Gasteiger partial charge in [-0.3, -0.25) is 9.48 Å². The molecule has 0 unspecified atom stereocenters. The molecule has 0 aliphatic rings. The van der Waals surface area contributed by atoms with Crippen LogP contribution in [0.2, 0.25) is 0 Å². The van der Waals surface area contributed by atoms with Crippen LogP contribution in [0, 0.1) is 6.92 Å². The number of rotatable bonds is 6. The number of aryl methyl sites for hydroxylation is 2. The Balaban J connectivity index is 1.78. The maximum Gasteiger partial charge on any atom is 0.246 e. The molecule has 0 bridgehead atoms. The molecule has 1 aromatic heterocycles. The molecule has 5 heteroatoms. The van der Waals surface area contributed by atoms with Gasteiger partial charge in [-0.1, -0.05) is 12.1 Å². The predicted octanol–water partition coefficient (Wildman–Crippen LogP) is 2.28. The van der Waals surface area contributed by atoms with Gasteiger partial charge >= 0.3 is 0 Å². The second-order valence-electron chi connectivity index (χ2n) is 5.21. The van der Waals surface area contributed by atoms with Crippen molar-refractivity contribution in [3.63, 3.8) is 0 Å². The van der Waals surface area contributed by atoms with E-state index in [1.165, 1.54) is 0 Å². The van der Waals surface area contributed by atoms with E-state index in [0.29, 0.717) is 13.2 Å². The predicted molar refractivity (Wildman–Crippen MR) is 86.6 cm³/mol. The minimum atomic E-state index is -0.0586. The highest BCUT2D eigenvalue weighted by Crippen LogP contribution is 2.12. The van der Waals surface area contributed by atoms with Crippen LogP contribution in [0.25, 0.3) is 6.08 Å². The highest BCUT2D eigenvalue weighted by molar-refractivity contribution is 5.91. The molecule has 0 aliphatic carbocycles. The first-order chi connectivity index (χ1) is 10.5. The molecule has 0 saturated carbocycles. The lowest BCUT2D eigenvalue weighted by Gasteiger charge is -2.15. The molecule has 1 amide bonds. The van der Waals surface area contributed by atoms with Crippen LogP contribution >= 0.6 is 0 Å². The first-order valence-corrected chi connectivity index (χ1v) is 7.16. The van der Waals surface area contributed by atoms with Gasteiger partial charge in [-0.2, -0.15) is 5.10 Å². The summed E-state index contributed by atoms with van der Waals surface area (Å²) in [4.78, 5) is 13.6. The fourth-order valence-corrected chi connectivity index (χ4v) is 1.94. The van der Waals surface area contributed by atoms with Crippen molar-refractivity contribution in [2.24, 2.45) is 7.05 Å². The molecule has 116 valence electrons. The highest BCUT2D eigenvalue weighted by atomic mass is 16.5. The number of ether oxygens (including phenoxy) is 1. The van der Waals surface area contributed by atoms with E-state index in [1.54, 1.807) is 35.0 Å². The van der Waals surface area contributed by atoms with Gasteiger partial charge in [0.15, 0.2) is 0 Å². The van der Waals surface area contributed by atoms with Gasteiger partial charge in [-0.25, -0.2) is 0 Å². The van der Waals surface area contributed by atoms with Crippen LogP contribution in [0.15, 0.2) is 42.7 Å². The number of hydrogen-bond donors (Lipinski definition) is 0. The van der Waals surface area contributed by atoms with Gasteiger partial charge in [0.1, 0.15) is 12.4 Å². The Morgan fingerprint density at radius 1 is 1.45 bits per heavy atom. The standard InChI is InChI=1S/C17H21N3O2/c1-14-5-4-6-16(11-14)22-10-9-19(2)17(21)8-7-15-12-18-20(3)13-15/h4-8,11-13H,9-10H2,1-3H3. The van der Waals surface area contributed by atoms with Crippen molar-refractivity contribution in [3.8, 4) is 5.75 Å². The Morgan fingerprint density at radius 3 is 2.95 bits per heavy atom. The molecule has 1 heterocycles. The van der Waals surface area contributed by atoms with E-state index < -0.39 is 0 Å². The number of amides is 1. The lowest BCUT2D eigenvalue weighted by atomic mass is 10.2. The lowest BCUT2D eigenvalue weighted by Crippen LogP contribution is -2.29. The summed E-state index contributed by atoms with van der Waals surface area (Å²) in [5, 5.41) is 4.05. The van der Waals surface area contributed by atoms with Crippen LogP contribution in [-0.4, -0.2) is 40.8 Å². The molecule has 0 atom stereocenters. The van der Waals surface area contributed by atoms with Crippen molar-refractivity contribution in [1.29, 1.82) is 0 Å². The Hall–Kier alpha value is -2.56. The summed E-state index contributed by atoms with van der Waals surface area (Å²) in [6.07, 6.45) is 6.87. The Kier molecular flexibility index (Phi) is 5.36. The molecule has 0 radical (unpaired) electrons. The Labute approximate surface area is 130 Å². The molecule has 0 saturated heterocycles. The molecule has 5 nitrogen and oxygen atoms in total. The summed E-state index contributed by atoms with van der Waals surface area (Å²) in [7, 11) is 3.60. The average Bonchev–Trinajstić information content (AvgIpc) is 2.90. The SMILES string of the molecule is Cc1cccc(OCCN(C)C(=O)C=Cc2cnn(C)c2)c1. The zero-order valence-electron chi connectivity index (χ0n) is 13.2. The van der Waals surface area contributed by atoms with Gasteiger partial charge in [0.2, 0.25) is 5.91 Å². The first kappa shape index (κ1) is 15.8. The largest absolute Gasteiger partial charge is 0.492 e. The summed E-state index contributed by atoms with van der Waals surface area (Å²) >= 11 is 0. The molecule has 0 aliphatic heterocycles. The molecule has 0 N–H and O–H groups in total. The van der Waals surface area contributed by atoms with E-state index in [1.807, 2.05) is 44.4 Å². The number of nitrogens with zero attached hydrogens (tertiary/aromatic N) is 3. The van der Waals surface area contributed by atoms with Crippen molar-refractivity contribution in [1.82, 2.24) is 14.7 Å². The smallest absolute Gasteiger partial charge is 0.246 e. The maximum absolute atomic E-state index is 12.0. The molecule has 2 aromatic rings. The van der Waals surface area contributed by atoms with Crippen molar-refractivity contribution in [2.75, 3.05) is 20.2 Å². The van der Waals surface area contributed by atoms with Gasteiger partial charge in [0, 0.05) is 31.9 Å². The third kappa shape index (κ3) is 4.77. The van der Waals surface area contributed by atoms with Crippen molar-refractivity contribution < 1.29 is 9.53 Å². The number of carbonyl (C=O) groups is 1. The number of benzene rings is 1. The van der Waals surface area contributed by atoms with E-state index in [-0.39, 0.29) is 5.91 Å². The van der Waals surface area contributed by atoms with Crippen LogP contribution in [0.1, 0.15) is 11.1 Å². The van der Waals surface area contributed by atoms with Crippen LogP contribution in [0.5, 0.6) is 5.75 Å². The molecule has 22 heavy (non-hydrogen) atoms. The van der Waals surface area contributed by atoms with Gasteiger partial charge in [0.25, 0.3) is 0 Å². The van der Waals surface area contributed by atoms with Gasteiger partial charge in [-0.15, -0.1) is 0 Å². The van der Waals surface area contributed by atoms with Gasteiger partial charge in [0.05, 0.1) is 12.7 Å². The maximum atomic E-state index is 12.0. The summed E-state index contributed by atoms with van der Waals surface area (Å²) < 4.78 is 7.34. The molecule has 1 aromatic carbocycles. The van der Waals surface area contributed by atoms with E-state index in [4.69, 9.17) is 4.74 Å². The first-order valence-electron chi connectivity index (χ1n) is 7.16. The van der Waals surface area contributed by atoms with E-state index in [2.05, 4.69) is 5.10 Å². The molecule has 0 spiro atoms. The summed E-state index contributed by atoms with van der Waals surface area (Å²) in [6.45, 7) is 3.02. The van der Waals surface area contributed by atoms with Crippen LogP contribution in [0.4, 0.5) is 0 Å². The van der Waals surface area contributed by atoms with Crippen LogP contribution in [-0.2, 0) is 11.8 Å². The monoisotopic (exact) mass is 299 g/mol. The quantitative estimate of drug-likeness (QED) is 0.769. The summed E-state index contributed by atoms with van der Waals surface area (Å²) in [6, 6.07) is 7.86. The second-order valence-corrected chi connectivity index (χ2v) is 5.21. The topological polar surface area (TPSA) is 47.4 Å². The normalized spacial score (nSPS) is 10.9. The number of hydrogen-bond acceptors (Lipinski definition) is 3. The highest BCUT2D eigenvalue weighted by Gasteiger charge is 2.05. The number of aromatic nitrogens is 2. The molecule has 0 fully saturated rings. The van der Waals surface area contributed by atoms with Gasteiger partial charge in [-0.05, 0) is 30.7 Å². The fraction of sp³-hybridized carbons (Fsp3) is 0.294. The minimum absolute atomic E-state index is 0.0586. The van der Waals surface area contributed by atoms with Gasteiger partial charge < -0.3 is 9.64 Å². The lowest BCUT2D eigenvalue weighted by molar-refractivity contribution is -0.125. The molecule has 2 rings (SSSR count). The second kappa shape index (κ2) is 7.45. The third-order valence-electron chi connectivity index (χ3n) is 3.20. The third-order valence-corrected chi connectivity index (χ3v) is 3.20. The zero-order chi connectivity index (χ0) is 15.9. The zero-order valence-corrected chi connectivity index (χ0v) is 13.2. The van der Waals surface area contributed by atoms with Crippen LogP contribution < -0.4 is 4.74 Å². The van der Waals surface area contributed by atoms with Crippen molar-refractivity contribution in [2.45, 2.75) is 6.92 Å². The molecular weight excluding hydrogens is 278 g/mol. The molecular formula is C17H21N3O2. The number of likely N-dealkylation sites (N-methyl/N-ethyl adjacent to an activating group) is 1.